The van der Waals surface area contributed by atoms with Crippen LogP contribution in [0.1, 0.15) is 15.9 Å². The van der Waals surface area contributed by atoms with E-state index in [0.717, 1.165) is 11.1 Å². The predicted molar refractivity (Wildman–Crippen MR) is 130 cm³/mol. The van der Waals surface area contributed by atoms with Gasteiger partial charge in [-0.2, -0.15) is 5.10 Å². The van der Waals surface area contributed by atoms with Crippen LogP contribution in [-0.4, -0.2) is 31.6 Å². The van der Waals surface area contributed by atoms with Crippen LogP contribution in [0.2, 0.25) is 5.02 Å². The number of anilines is 1. The highest BCUT2D eigenvalue weighted by atomic mass is 35.5. The lowest BCUT2D eigenvalue weighted by Gasteiger charge is -2.10. The lowest BCUT2D eigenvalue weighted by molar-refractivity contribution is 0.102. The smallest absolute Gasteiger partial charge is 0.256 e. The molecule has 10 heteroatoms. The summed E-state index contributed by atoms with van der Waals surface area (Å²) in [6, 6.07) is 22.2. The third-order valence-electron chi connectivity index (χ3n) is 5.01. The number of aromatic nitrogens is 2. The van der Waals surface area contributed by atoms with Crippen molar-refractivity contribution in [3.63, 3.8) is 0 Å². The summed E-state index contributed by atoms with van der Waals surface area (Å²) in [5.74, 6) is 0.390. The number of aromatic amines is 1. The van der Waals surface area contributed by atoms with Crippen LogP contribution in [0, 0.1) is 0 Å². The summed E-state index contributed by atoms with van der Waals surface area (Å²) in [5, 5.41) is 9.65. The van der Waals surface area contributed by atoms with Gasteiger partial charge in [-0.1, -0.05) is 54.1 Å². The number of H-pyrrole nitrogens is 1. The fourth-order valence-electron chi connectivity index (χ4n) is 3.28. The van der Waals surface area contributed by atoms with Crippen LogP contribution in [0.25, 0.3) is 11.3 Å². The number of amides is 1. The number of sulfonamides is 1. The Labute approximate surface area is 202 Å². The molecule has 0 fully saturated rings. The van der Waals surface area contributed by atoms with E-state index < -0.39 is 15.9 Å². The zero-order valence-electron chi connectivity index (χ0n) is 18.1. The van der Waals surface area contributed by atoms with Crippen molar-refractivity contribution in [1.29, 1.82) is 0 Å². The molecule has 0 spiro atoms. The summed E-state index contributed by atoms with van der Waals surface area (Å²) >= 11 is 6.15. The molecule has 34 heavy (non-hydrogen) atoms. The number of benzene rings is 3. The van der Waals surface area contributed by atoms with E-state index in [1.807, 2.05) is 42.5 Å². The molecule has 174 valence electrons. The first kappa shape index (κ1) is 23.5. The van der Waals surface area contributed by atoms with E-state index in [9.17, 15) is 13.2 Å². The number of ether oxygens (including phenoxy) is 1. The Bertz CT molecular complexity index is 1420. The highest BCUT2D eigenvalue weighted by Gasteiger charge is 2.21. The number of nitrogens with zero attached hydrogens (tertiary/aromatic N) is 1. The van der Waals surface area contributed by atoms with Gasteiger partial charge < -0.3 is 10.1 Å². The molecule has 0 bridgehead atoms. The zero-order chi connectivity index (χ0) is 24.1. The molecule has 0 aliphatic carbocycles. The number of carbonyl (C=O) groups is 1. The molecule has 4 rings (SSSR count). The maximum atomic E-state index is 12.8. The molecule has 3 N–H and O–H groups in total. The van der Waals surface area contributed by atoms with Gasteiger partial charge in [-0.15, -0.1) is 0 Å². The van der Waals surface area contributed by atoms with Crippen LogP contribution in [-0.2, 0) is 16.6 Å². The summed E-state index contributed by atoms with van der Waals surface area (Å²) in [6.45, 7) is 0.0922. The van der Waals surface area contributed by atoms with E-state index in [-0.39, 0.29) is 27.8 Å². The molecule has 1 amide bonds. The monoisotopic (exact) mass is 496 g/mol. The Balaban J connectivity index is 1.51. The average Bonchev–Trinajstić information content (AvgIpc) is 3.31. The lowest BCUT2D eigenvalue weighted by atomic mass is 10.1. The molecule has 4 aromatic rings. The van der Waals surface area contributed by atoms with Crippen molar-refractivity contribution in [2.24, 2.45) is 0 Å². The SMILES string of the molecule is COc1ccccc1-c1cc(NC(=O)c2ccc(Cl)c(S(=O)(=O)NCc3ccccc3)c2)n[nH]1. The van der Waals surface area contributed by atoms with Gasteiger partial charge in [0.2, 0.25) is 10.0 Å². The summed E-state index contributed by atoms with van der Waals surface area (Å²) in [6.07, 6.45) is 0. The molecule has 0 saturated carbocycles. The van der Waals surface area contributed by atoms with E-state index in [1.165, 1.54) is 18.2 Å². The van der Waals surface area contributed by atoms with Crippen molar-refractivity contribution < 1.29 is 17.9 Å². The second-order valence-electron chi connectivity index (χ2n) is 7.28. The molecule has 0 radical (unpaired) electrons. The van der Waals surface area contributed by atoms with E-state index in [2.05, 4.69) is 20.2 Å². The van der Waals surface area contributed by atoms with Gasteiger partial charge in [0.1, 0.15) is 10.6 Å². The third-order valence-corrected chi connectivity index (χ3v) is 6.89. The normalized spacial score (nSPS) is 11.2. The highest BCUT2D eigenvalue weighted by Crippen LogP contribution is 2.29. The fourth-order valence-corrected chi connectivity index (χ4v) is 4.82. The molecule has 1 heterocycles. The van der Waals surface area contributed by atoms with Gasteiger partial charge in [0.05, 0.1) is 17.8 Å². The largest absolute Gasteiger partial charge is 0.496 e. The van der Waals surface area contributed by atoms with Crippen LogP contribution in [0.3, 0.4) is 0 Å². The number of hydrogen-bond donors (Lipinski definition) is 3. The fraction of sp³-hybridized carbons (Fsp3) is 0.0833. The number of carbonyl (C=O) groups excluding carboxylic acids is 1. The van der Waals surface area contributed by atoms with Crippen LogP contribution in [0.5, 0.6) is 5.75 Å². The minimum atomic E-state index is -3.96. The average molecular weight is 497 g/mol. The molecule has 3 aromatic carbocycles. The van der Waals surface area contributed by atoms with Gasteiger partial charge in [0, 0.05) is 23.7 Å². The van der Waals surface area contributed by atoms with Crippen LogP contribution >= 0.6 is 11.6 Å². The second kappa shape index (κ2) is 10.1. The second-order valence-corrected chi connectivity index (χ2v) is 9.42. The number of methoxy groups -OCH3 is 1. The van der Waals surface area contributed by atoms with Crippen LogP contribution in [0.15, 0.2) is 83.8 Å². The van der Waals surface area contributed by atoms with Crippen molar-refractivity contribution in [1.82, 2.24) is 14.9 Å². The molecule has 8 nitrogen and oxygen atoms in total. The number of para-hydroxylation sites is 1. The summed E-state index contributed by atoms with van der Waals surface area (Å²) in [5.41, 5.74) is 2.34. The summed E-state index contributed by atoms with van der Waals surface area (Å²) < 4.78 is 33.5. The topological polar surface area (TPSA) is 113 Å². The van der Waals surface area contributed by atoms with E-state index >= 15 is 0 Å². The highest BCUT2D eigenvalue weighted by molar-refractivity contribution is 7.89. The van der Waals surface area contributed by atoms with Gasteiger partial charge in [-0.3, -0.25) is 9.89 Å². The van der Waals surface area contributed by atoms with Crippen molar-refractivity contribution >= 4 is 33.3 Å². The Kier molecular flexibility index (Phi) is 6.97. The zero-order valence-corrected chi connectivity index (χ0v) is 19.7. The Morgan fingerprint density at radius 1 is 1.03 bits per heavy atom. The molecule has 0 atom stereocenters. The number of rotatable bonds is 8. The quantitative estimate of drug-likeness (QED) is 0.333. The number of halogens is 1. The van der Waals surface area contributed by atoms with Crippen LogP contribution < -0.4 is 14.8 Å². The standard InChI is InChI=1S/C24H21ClN4O4S/c1-33-21-10-6-5-9-18(21)20-14-23(29-28-20)27-24(30)17-11-12-19(25)22(13-17)34(31,32)26-15-16-7-3-2-4-8-16/h2-14,26H,15H2,1H3,(H2,27,28,29,30). The molecular formula is C24H21ClN4O4S. The van der Waals surface area contributed by atoms with Gasteiger partial charge in [0.25, 0.3) is 5.91 Å². The first-order valence-corrected chi connectivity index (χ1v) is 12.1. The molecular weight excluding hydrogens is 476 g/mol. The Hall–Kier alpha value is -3.66. The summed E-state index contributed by atoms with van der Waals surface area (Å²) in [7, 11) is -2.39. The third kappa shape index (κ3) is 5.28. The summed E-state index contributed by atoms with van der Waals surface area (Å²) in [4.78, 5) is 12.6. The predicted octanol–water partition coefficient (Wildman–Crippen LogP) is 4.47. The van der Waals surface area contributed by atoms with Crippen molar-refractivity contribution in [3.05, 3.63) is 95.0 Å². The minimum Gasteiger partial charge on any atom is -0.496 e. The maximum Gasteiger partial charge on any atom is 0.256 e. The van der Waals surface area contributed by atoms with Gasteiger partial charge >= 0.3 is 0 Å². The lowest BCUT2D eigenvalue weighted by Crippen LogP contribution is -2.24. The van der Waals surface area contributed by atoms with E-state index in [1.54, 1.807) is 25.3 Å². The van der Waals surface area contributed by atoms with Gasteiger partial charge in [-0.05, 0) is 35.9 Å². The first-order valence-electron chi connectivity index (χ1n) is 10.2. The number of nitrogens with one attached hydrogen (secondary N) is 3. The van der Waals surface area contributed by atoms with Crippen molar-refractivity contribution in [2.75, 3.05) is 12.4 Å². The first-order chi connectivity index (χ1) is 16.4. The molecule has 0 aliphatic rings. The molecule has 1 aromatic heterocycles. The molecule has 0 saturated heterocycles. The van der Waals surface area contributed by atoms with Crippen molar-refractivity contribution in [3.8, 4) is 17.0 Å². The van der Waals surface area contributed by atoms with E-state index in [0.29, 0.717) is 11.4 Å². The van der Waals surface area contributed by atoms with Gasteiger partial charge in [0.15, 0.2) is 5.82 Å². The maximum absolute atomic E-state index is 12.8. The van der Waals surface area contributed by atoms with E-state index in [4.69, 9.17) is 16.3 Å². The molecule has 0 aliphatic heterocycles. The van der Waals surface area contributed by atoms with Crippen molar-refractivity contribution in [2.45, 2.75) is 11.4 Å². The minimum absolute atomic E-state index is 0.00957. The Morgan fingerprint density at radius 3 is 2.53 bits per heavy atom. The molecule has 0 unspecified atom stereocenters. The Morgan fingerprint density at radius 2 is 1.76 bits per heavy atom. The number of hydrogen-bond acceptors (Lipinski definition) is 5. The van der Waals surface area contributed by atoms with Gasteiger partial charge in [-0.25, -0.2) is 13.1 Å². The van der Waals surface area contributed by atoms with Crippen LogP contribution in [0.4, 0.5) is 5.82 Å².